The van der Waals surface area contributed by atoms with Crippen LogP contribution in [0.15, 0.2) is 30.3 Å². The van der Waals surface area contributed by atoms with Crippen molar-refractivity contribution in [1.82, 2.24) is 4.90 Å². The quantitative estimate of drug-likeness (QED) is 0.754. The highest BCUT2D eigenvalue weighted by molar-refractivity contribution is 5.67. The molecule has 0 heterocycles. The maximum Gasteiger partial charge on any atom is 0.304 e. The van der Waals surface area contributed by atoms with Crippen LogP contribution in [0, 0.1) is 11.8 Å². The molecule has 21 heavy (non-hydrogen) atoms. The molecule has 1 rings (SSSR count). The molecule has 0 aliphatic carbocycles. The molecule has 118 valence electrons. The first-order valence-electron chi connectivity index (χ1n) is 7.88. The number of aliphatic carboxylic acids is 1. The van der Waals surface area contributed by atoms with Gasteiger partial charge in [-0.3, -0.25) is 9.69 Å². The zero-order valence-corrected chi connectivity index (χ0v) is 13.7. The maximum absolute atomic E-state index is 11.2. The topological polar surface area (TPSA) is 40.5 Å². The fraction of sp³-hybridized carbons (Fsp3) is 0.611. The predicted octanol–water partition coefficient (Wildman–Crippen LogP) is 3.69. The summed E-state index contributed by atoms with van der Waals surface area (Å²) in [5.41, 5.74) is 1.21. The Balaban J connectivity index is 2.87. The number of carboxylic acid groups (broad SMARTS) is 1. The van der Waals surface area contributed by atoms with Gasteiger partial charge in [0.15, 0.2) is 0 Å². The summed E-state index contributed by atoms with van der Waals surface area (Å²) in [5, 5.41) is 9.25. The molecule has 0 aliphatic rings. The number of nitrogens with zero attached hydrogens (tertiary/aromatic N) is 1. The summed E-state index contributed by atoms with van der Waals surface area (Å²) in [6.45, 7) is 10.6. The van der Waals surface area contributed by atoms with Gasteiger partial charge in [-0.1, -0.05) is 58.0 Å². The molecular weight excluding hydrogens is 262 g/mol. The fourth-order valence-electron chi connectivity index (χ4n) is 2.73. The van der Waals surface area contributed by atoms with Gasteiger partial charge in [0.1, 0.15) is 0 Å². The van der Waals surface area contributed by atoms with Crippen LogP contribution in [0.4, 0.5) is 0 Å². The smallest absolute Gasteiger partial charge is 0.304 e. The van der Waals surface area contributed by atoms with Gasteiger partial charge in [0.2, 0.25) is 0 Å². The maximum atomic E-state index is 11.2. The van der Waals surface area contributed by atoms with Crippen molar-refractivity contribution in [3.8, 4) is 0 Å². The summed E-state index contributed by atoms with van der Waals surface area (Å²) in [4.78, 5) is 13.6. The summed E-state index contributed by atoms with van der Waals surface area (Å²) >= 11 is 0. The Morgan fingerprint density at radius 1 is 1.05 bits per heavy atom. The van der Waals surface area contributed by atoms with Crippen molar-refractivity contribution in [2.24, 2.45) is 11.8 Å². The SMILES string of the molecule is CC(C)CN(CC(C)C)C(CC(=O)O)Cc1ccccc1. The van der Waals surface area contributed by atoms with E-state index in [-0.39, 0.29) is 12.5 Å². The second kappa shape index (κ2) is 8.83. The van der Waals surface area contributed by atoms with Crippen LogP contribution < -0.4 is 0 Å². The molecule has 0 aliphatic heterocycles. The molecule has 1 unspecified atom stereocenters. The van der Waals surface area contributed by atoms with Gasteiger partial charge in [-0.05, 0) is 23.8 Å². The highest BCUT2D eigenvalue weighted by atomic mass is 16.4. The van der Waals surface area contributed by atoms with Crippen LogP contribution in [0.25, 0.3) is 0 Å². The Morgan fingerprint density at radius 2 is 1.57 bits per heavy atom. The Bertz CT molecular complexity index is 404. The average Bonchev–Trinajstić information content (AvgIpc) is 2.36. The molecule has 0 fully saturated rings. The van der Waals surface area contributed by atoms with E-state index in [1.807, 2.05) is 18.2 Å². The Hall–Kier alpha value is -1.35. The average molecular weight is 291 g/mol. The van der Waals surface area contributed by atoms with Gasteiger partial charge in [-0.15, -0.1) is 0 Å². The van der Waals surface area contributed by atoms with Gasteiger partial charge in [-0.25, -0.2) is 0 Å². The van der Waals surface area contributed by atoms with Crippen LogP contribution in [0.1, 0.15) is 39.7 Å². The van der Waals surface area contributed by atoms with E-state index < -0.39 is 5.97 Å². The van der Waals surface area contributed by atoms with Gasteiger partial charge < -0.3 is 5.11 Å². The van der Waals surface area contributed by atoms with E-state index >= 15 is 0 Å². The molecule has 0 bridgehead atoms. The number of hydrogen-bond donors (Lipinski definition) is 1. The van der Waals surface area contributed by atoms with E-state index in [0.29, 0.717) is 11.8 Å². The minimum atomic E-state index is -0.714. The lowest BCUT2D eigenvalue weighted by atomic mass is 9.99. The fourth-order valence-corrected chi connectivity index (χ4v) is 2.73. The van der Waals surface area contributed by atoms with E-state index in [0.717, 1.165) is 19.5 Å². The zero-order valence-electron chi connectivity index (χ0n) is 13.7. The number of carbonyl (C=O) groups is 1. The van der Waals surface area contributed by atoms with Crippen LogP contribution in [-0.2, 0) is 11.2 Å². The van der Waals surface area contributed by atoms with E-state index in [2.05, 4.69) is 44.7 Å². The van der Waals surface area contributed by atoms with Crippen LogP contribution in [0.2, 0.25) is 0 Å². The van der Waals surface area contributed by atoms with Gasteiger partial charge >= 0.3 is 5.97 Å². The Kier molecular flexibility index (Phi) is 7.44. The van der Waals surface area contributed by atoms with Gasteiger partial charge in [-0.2, -0.15) is 0 Å². The predicted molar refractivity (Wildman–Crippen MR) is 87.4 cm³/mol. The molecule has 0 aromatic heterocycles. The van der Waals surface area contributed by atoms with Crippen molar-refractivity contribution in [3.63, 3.8) is 0 Å². The number of rotatable bonds is 9. The third-order valence-electron chi connectivity index (χ3n) is 3.44. The van der Waals surface area contributed by atoms with Crippen molar-refractivity contribution >= 4 is 5.97 Å². The molecule has 1 atom stereocenters. The Labute approximate surface area is 129 Å². The summed E-state index contributed by atoms with van der Waals surface area (Å²) in [6.07, 6.45) is 1.00. The monoisotopic (exact) mass is 291 g/mol. The van der Waals surface area contributed by atoms with Crippen LogP contribution in [0.3, 0.4) is 0 Å². The second-order valence-corrected chi connectivity index (χ2v) is 6.68. The first kappa shape index (κ1) is 17.7. The molecular formula is C18H29NO2. The molecule has 0 saturated carbocycles. The first-order valence-corrected chi connectivity index (χ1v) is 7.88. The van der Waals surface area contributed by atoms with Crippen molar-refractivity contribution < 1.29 is 9.90 Å². The van der Waals surface area contributed by atoms with Crippen molar-refractivity contribution in [3.05, 3.63) is 35.9 Å². The normalized spacial score (nSPS) is 13.1. The minimum absolute atomic E-state index is 0.0645. The van der Waals surface area contributed by atoms with Crippen molar-refractivity contribution in [1.29, 1.82) is 0 Å². The van der Waals surface area contributed by atoms with Crippen LogP contribution in [0.5, 0.6) is 0 Å². The van der Waals surface area contributed by atoms with Crippen molar-refractivity contribution in [2.45, 2.75) is 46.6 Å². The molecule has 0 amide bonds. The minimum Gasteiger partial charge on any atom is -0.481 e. The number of hydrogen-bond acceptors (Lipinski definition) is 2. The van der Waals surface area contributed by atoms with Gasteiger partial charge in [0.25, 0.3) is 0 Å². The molecule has 1 aromatic rings. The first-order chi connectivity index (χ1) is 9.88. The molecule has 1 aromatic carbocycles. The lowest BCUT2D eigenvalue weighted by Gasteiger charge is -2.33. The van der Waals surface area contributed by atoms with Crippen LogP contribution >= 0.6 is 0 Å². The molecule has 3 nitrogen and oxygen atoms in total. The third-order valence-corrected chi connectivity index (χ3v) is 3.44. The summed E-state index contributed by atoms with van der Waals surface area (Å²) < 4.78 is 0. The lowest BCUT2D eigenvalue weighted by molar-refractivity contribution is -0.138. The molecule has 0 radical (unpaired) electrons. The highest BCUT2D eigenvalue weighted by Gasteiger charge is 2.23. The standard InChI is InChI=1S/C18H29NO2/c1-14(2)12-19(13-15(3)4)17(11-18(20)21)10-16-8-6-5-7-9-16/h5-9,14-15,17H,10-13H2,1-4H3,(H,20,21). The van der Waals surface area contributed by atoms with Crippen molar-refractivity contribution in [2.75, 3.05) is 13.1 Å². The summed E-state index contributed by atoms with van der Waals surface area (Å²) in [6, 6.07) is 10.3. The van der Waals surface area contributed by atoms with E-state index in [9.17, 15) is 9.90 Å². The molecule has 3 heteroatoms. The van der Waals surface area contributed by atoms with E-state index in [1.165, 1.54) is 5.56 Å². The van der Waals surface area contributed by atoms with Gasteiger partial charge in [0, 0.05) is 19.1 Å². The van der Waals surface area contributed by atoms with Gasteiger partial charge in [0.05, 0.1) is 6.42 Å². The zero-order chi connectivity index (χ0) is 15.8. The number of carboxylic acids is 1. The largest absolute Gasteiger partial charge is 0.481 e. The Morgan fingerprint density at radius 3 is 2.00 bits per heavy atom. The van der Waals surface area contributed by atoms with E-state index in [1.54, 1.807) is 0 Å². The molecule has 1 N–H and O–H groups in total. The molecule has 0 saturated heterocycles. The lowest BCUT2D eigenvalue weighted by Crippen LogP contribution is -2.42. The highest BCUT2D eigenvalue weighted by Crippen LogP contribution is 2.16. The third kappa shape index (κ3) is 7.28. The van der Waals surface area contributed by atoms with Crippen LogP contribution in [-0.4, -0.2) is 35.1 Å². The summed E-state index contributed by atoms with van der Waals surface area (Å²) in [7, 11) is 0. The summed E-state index contributed by atoms with van der Waals surface area (Å²) in [5.74, 6) is 0.361. The molecule has 0 spiro atoms. The second-order valence-electron chi connectivity index (χ2n) is 6.68. The number of benzene rings is 1. The van der Waals surface area contributed by atoms with E-state index in [4.69, 9.17) is 0 Å².